The zero-order valence-electron chi connectivity index (χ0n) is 10.8. The number of rotatable bonds is 2. The van der Waals surface area contributed by atoms with Crippen molar-refractivity contribution in [3.63, 3.8) is 0 Å². The van der Waals surface area contributed by atoms with Crippen molar-refractivity contribution in [2.45, 2.75) is 44.9 Å². The Hall–Kier alpha value is -0.630. The van der Waals surface area contributed by atoms with Crippen LogP contribution in [0.2, 0.25) is 0 Å². The second-order valence-corrected chi connectivity index (χ2v) is 6.38. The van der Waals surface area contributed by atoms with Crippen molar-refractivity contribution in [1.29, 1.82) is 0 Å². The number of hydrogen-bond donors (Lipinski definition) is 0. The van der Waals surface area contributed by atoms with Gasteiger partial charge >= 0.3 is 0 Å². The van der Waals surface area contributed by atoms with Crippen LogP contribution in [0.15, 0.2) is 18.2 Å². The fraction of sp³-hybridized carbons (Fsp3) is 0.600. The molecule has 0 aromatic heterocycles. The predicted molar refractivity (Wildman–Crippen MR) is 70.7 cm³/mol. The maximum Gasteiger partial charge on any atom is 0.128 e. The average molecular weight is 273 g/mol. The molecule has 1 fully saturated rings. The Morgan fingerprint density at radius 1 is 1.28 bits per heavy atom. The van der Waals surface area contributed by atoms with Gasteiger partial charge in [-0.2, -0.15) is 0 Å². The van der Waals surface area contributed by atoms with Crippen molar-refractivity contribution in [3.05, 3.63) is 35.4 Å². The van der Waals surface area contributed by atoms with E-state index in [9.17, 15) is 8.78 Å². The Morgan fingerprint density at radius 3 is 2.67 bits per heavy atom. The van der Waals surface area contributed by atoms with Crippen LogP contribution < -0.4 is 0 Å². The Labute approximate surface area is 112 Å². The van der Waals surface area contributed by atoms with Crippen molar-refractivity contribution in [2.75, 3.05) is 0 Å². The van der Waals surface area contributed by atoms with Crippen LogP contribution in [0.3, 0.4) is 0 Å². The van der Waals surface area contributed by atoms with E-state index in [1.54, 1.807) is 0 Å². The summed E-state index contributed by atoms with van der Waals surface area (Å²) < 4.78 is 27.0. The van der Waals surface area contributed by atoms with Crippen molar-refractivity contribution >= 4 is 11.6 Å². The van der Waals surface area contributed by atoms with Gasteiger partial charge in [0.25, 0.3) is 0 Å². The molecule has 0 spiro atoms. The molecule has 1 aromatic carbocycles. The van der Waals surface area contributed by atoms with E-state index in [1.165, 1.54) is 12.5 Å². The minimum Gasteiger partial charge on any atom is -0.207 e. The van der Waals surface area contributed by atoms with Gasteiger partial charge < -0.3 is 0 Å². The number of halogens is 3. The second-order valence-electron chi connectivity index (χ2n) is 5.91. The van der Waals surface area contributed by atoms with Gasteiger partial charge in [0.15, 0.2) is 0 Å². The molecule has 1 aliphatic carbocycles. The fourth-order valence-electron chi connectivity index (χ4n) is 3.01. The molecule has 1 saturated carbocycles. The smallest absolute Gasteiger partial charge is 0.128 e. The molecule has 1 aliphatic rings. The van der Waals surface area contributed by atoms with E-state index >= 15 is 0 Å². The molecule has 0 amide bonds. The first-order valence-electron chi connectivity index (χ1n) is 6.51. The maximum absolute atomic E-state index is 13.8. The molecule has 100 valence electrons. The predicted octanol–water partition coefficient (Wildman–Crippen LogP) is 5.46. The molecule has 0 N–H and O–H groups in total. The third kappa shape index (κ3) is 2.69. The SMILES string of the molecule is CC1(C)CCCCC1C(Cl)c1cc(F)ccc1F. The molecule has 0 heterocycles. The first-order valence-corrected chi connectivity index (χ1v) is 6.94. The molecule has 0 nitrogen and oxygen atoms in total. The Balaban J connectivity index is 2.29. The molecular weight excluding hydrogens is 254 g/mol. The lowest BCUT2D eigenvalue weighted by molar-refractivity contribution is 0.132. The fourth-order valence-corrected chi connectivity index (χ4v) is 3.64. The van der Waals surface area contributed by atoms with Crippen LogP contribution >= 0.6 is 11.6 Å². The van der Waals surface area contributed by atoms with Crippen LogP contribution in [0.25, 0.3) is 0 Å². The summed E-state index contributed by atoms with van der Waals surface area (Å²) in [6.45, 7) is 4.34. The molecule has 0 bridgehead atoms. The lowest BCUT2D eigenvalue weighted by Gasteiger charge is -2.41. The van der Waals surface area contributed by atoms with Crippen LogP contribution in [0, 0.1) is 23.0 Å². The summed E-state index contributed by atoms with van der Waals surface area (Å²) in [6.07, 6.45) is 4.39. The van der Waals surface area contributed by atoms with E-state index in [-0.39, 0.29) is 11.3 Å². The standard InChI is InChI=1S/C15H19ClF2/c1-15(2)8-4-3-5-12(15)14(16)11-9-10(17)6-7-13(11)18/h6-7,9,12,14H,3-5,8H2,1-2H3. The van der Waals surface area contributed by atoms with Gasteiger partial charge in [-0.1, -0.05) is 26.7 Å². The number of hydrogen-bond acceptors (Lipinski definition) is 0. The van der Waals surface area contributed by atoms with Crippen LogP contribution in [0.4, 0.5) is 8.78 Å². The Kier molecular flexibility index (Phi) is 3.96. The van der Waals surface area contributed by atoms with Crippen molar-refractivity contribution in [2.24, 2.45) is 11.3 Å². The Morgan fingerprint density at radius 2 is 2.00 bits per heavy atom. The van der Waals surface area contributed by atoms with Gasteiger partial charge in [0.1, 0.15) is 11.6 Å². The molecular formula is C15H19ClF2. The summed E-state index contributed by atoms with van der Waals surface area (Å²) in [6, 6.07) is 3.53. The summed E-state index contributed by atoms with van der Waals surface area (Å²) in [5.74, 6) is -0.632. The molecule has 2 atom stereocenters. The lowest BCUT2D eigenvalue weighted by atomic mass is 9.66. The number of alkyl halides is 1. The third-order valence-corrected chi connectivity index (χ3v) is 4.74. The summed E-state index contributed by atoms with van der Waals surface area (Å²) in [7, 11) is 0. The van der Waals surface area contributed by atoms with Crippen LogP contribution in [0.1, 0.15) is 50.5 Å². The minimum atomic E-state index is -0.448. The summed E-state index contributed by atoms with van der Waals surface area (Å²) in [4.78, 5) is 0. The van der Waals surface area contributed by atoms with E-state index in [1.807, 2.05) is 0 Å². The molecule has 18 heavy (non-hydrogen) atoms. The molecule has 0 saturated heterocycles. The van der Waals surface area contributed by atoms with Crippen LogP contribution in [0.5, 0.6) is 0 Å². The van der Waals surface area contributed by atoms with Gasteiger partial charge in [-0.15, -0.1) is 11.6 Å². The third-order valence-electron chi connectivity index (χ3n) is 4.20. The normalized spacial score (nSPS) is 24.8. The highest BCUT2D eigenvalue weighted by molar-refractivity contribution is 6.21. The lowest BCUT2D eigenvalue weighted by Crippen LogP contribution is -2.31. The molecule has 0 aliphatic heterocycles. The average Bonchev–Trinajstić information content (AvgIpc) is 2.31. The highest BCUT2D eigenvalue weighted by Gasteiger charge is 2.38. The first kappa shape index (κ1) is 13.8. The molecule has 3 heteroatoms. The largest absolute Gasteiger partial charge is 0.207 e. The monoisotopic (exact) mass is 272 g/mol. The summed E-state index contributed by atoms with van der Waals surface area (Å²) >= 11 is 6.44. The minimum absolute atomic E-state index is 0.0867. The van der Waals surface area contributed by atoms with Gasteiger partial charge in [-0.3, -0.25) is 0 Å². The number of benzene rings is 1. The van der Waals surface area contributed by atoms with Crippen LogP contribution in [-0.4, -0.2) is 0 Å². The molecule has 2 rings (SSSR count). The molecule has 2 unspecified atom stereocenters. The van der Waals surface area contributed by atoms with Gasteiger partial charge in [0.05, 0.1) is 5.38 Å². The summed E-state index contributed by atoms with van der Waals surface area (Å²) in [5, 5.41) is -0.448. The first-order chi connectivity index (χ1) is 8.42. The van der Waals surface area contributed by atoms with Crippen molar-refractivity contribution < 1.29 is 8.78 Å². The van der Waals surface area contributed by atoms with E-state index in [0.29, 0.717) is 5.56 Å². The van der Waals surface area contributed by atoms with Gasteiger partial charge in [-0.25, -0.2) is 8.78 Å². The van der Waals surface area contributed by atoms with Gasteiger partial charge in [0, 0.05) is 5.56 Å². The van der Waals surface area contributed by atoms with Gasteiger partial charge in [-0.05, 0) is 42.4 Å². The second kappa shape index (κ2) is 5.16. The van der Waals surface area contributed by atoms with Gasteiger partial charge in [0.2, 0.25) is 0 Å². The van der Waals surface area contributed by atoms with Crippen molar-refractivity contribution in [1.82, 2.24) is 0 Å². The quantitative estimate of drug-likeness (QED) is 0.627. The van der Waals surface area contributed by atoms with E-state index in [4.69, 9.17) is 11.6 Å². The zero-order valence-corrected chi connectivity index (χ0v) is 11.6. The van der Waals surface area contributed by atoms with Crippen LogP contribution in [-0.2, 0) is 0 Å². The summed E-state index contributed by atoms with van der Waals surface area (Å²) in [5.41, 5.74) is 0.389. The zero-order chi connectivity index (χ0) is 13.3. The maximum atomic E-state index is 13.8. The van der Waals surface area contributed by atoms with E-state index < -0.39 is 17.0 Å². The highest BCUT2D eigenvalue weighted by atomic mass is 35.5. The topological polar surface area (TPSA) is 0 Å². The highest BCUT2D eigenvalue weighted by Crippen LogP contribution is 2.49. The van der Waals surface area contributed by atoms with E-state index in [2.05, 4.69) is 13.8 Å². The van der Waals surface area contributed by atoms with E-state index in [0.717, 1.165) is 31.4 Å². The van der Waals surface area contributed by atoms with Crippen molar-refractivity contribution in [3.8, 4) is 0 Å². The molecule has 1 aromatic rings. The Bertz CT molecular complexity index is 429. The molecule has 0 radical (unpaired) electrons.